The van der Waals surface area contributed by atoms with Crippen molar-refractivity contribution in [1.82, 2.24) is 20.0 Å². The summed E-state index contributed by atoms with van der Waals surface area (Å²) in [5.74, 6) is 0.255. The van der Waals surface area contributed by atoms with Crippen molar-refractivity contribution in [3.05, 3.63) is 22.1 Å². The SMILES string of the molecule is CCCCNc1nnc(-c2cc(C(C)C)nn(C)c2=O)s1. The van der Waals surface area contributed by atoms with Gasteiger partial charge >= 0.3 is 0 Å². The van der Waals surface area contributed by atoms with Crippen molar-refractivity contribution in [3.8, 4) is 10.6 Å². The van der Waals surface area contributed by atoms with Crippen LogP contribution >= 0.6 is 11.3 Å². The normalized spacial score (nSPS) is 11.1. The van der Waals surface area contributed by atoms with Gasteiger partial charge in [0.1, 0.15) is 0 Å². The Labute approximate surface area is 128 Å². The summed E-state index contributed by atoms with van der Waals surface area (Å²) in [4.78, 5) is 12.2. The molecule has 0 amide bonds. The van der Waals surface area contributed by atoms with Crippen LogP contribution in [0.5, 0.6) is 0 Å². The van der Waals surface area contributed by atoms with Gasteiger partial charge in [0.25, 0.3) is 5.56 Å². The highest BCUT2D eigenvalue weighted by molar-refractivity contribution is 7.18. The molecule has 0 aliphatic carbocycles. The largest absolute Gasteiger partial charge is 0.360 e. The van der Waals surface area contributed by atoms with E-state index in [9.17, 15) is 4.79 Å². The first-order valence-corrected chi connectivity index (χ1v) is 8.00. The first-order valence-electron chi connectivity index (χ1n) is 7.19. The first-order chi connectivity index (χ1) is 10.0. The van der Waals surface area contributed by atoms with Gasteiger partial charge in [0.15, 0.2) is 5.01 Å². The maximum atomic E-state index is 12.2. The summed E-state index contributed by atoms with van der Waals surface area (Å²) in [6.45, 7) is 7.11. The van der Waals surface area contributed by atoms with Crippen molar-refractivity contribution in [1.29, 1.82) is 0 Å². The van der Waals surface area contributed by atoms with E-state index in [1.54, 1.807) is 7.05 Å². The minimum Gasteiger partial charge on any atom is -0.360 e. The second-order valence-electron chi connectivity index (χ2n) is 5.26. The topological polar surface area (TPSA) is 72.7 Å². The van der Waals surface area contributed by atoms with E-state index in [-0.39, 0.29) is 11.5 Å². The summed E-state index contributed by atoms with van der Waals surface area (Å²) in [6.07, 6.45) is 2.21. The highest BCUT2D eigenvalue weighted by atomic mass is 32.1. The monoisotopic (exact) mass is 307 g/mol. The molecule has 0 aliphatic rings. The third-order valence-electron chi connectivity index (χ3n) is 3.14. The summed E-state index contributed by atoms with van der Waals surface area (Å²) in [7, 11) is 1.67. The van der Waals surface area contributed by atoms with Gasteiger partial charge in [0.2, 0.25) is 5.13 Å². The van der Waals surface area contributed by atoms with E-state index in [1.807, 2.05) is 6.07 Å². The zero-order chi connectivity index (χ0) is 15.4. The Morgan fingerprint density at radius 2 is 2.14 bits per heavy atom. The molecular formula is C14H21N5OS. The number of rotatable bonds is 6. The zero-order valence-corrected chi connectivity index (χ0v) is 13.7. The molecule has 114 valence electrons. The number of aryl methyl sites for hydroxylation is 1. The molecular weight excluding hydrogens is 286 g/mol. The molecule has 0 unspecified atom stereocenters. The number of nitrogens with zero attached hydrogens (tertiary/aromatic N) is 4. The lowest BCUT2D eigenvalue weighted by Gasteiger charge is -2.07. The van der Waals surface area contributed by atoms with Gasteiger partial charge in [0.05, 0.1) is 11.3 Å². The van der Waals surface area contributed by atoms with Crippen LogP contribution in [0, 0.1) is 0 Å². The van der Waals surface area contributed by atoms with Gasteiger partial charge in [-0.2, -0.15) is 5.10 Å². The number of hydrogen-bond acceptors (Lipinski definition) is 6. The molecule has 7 heteroatoms. The number of aromatic nitrogens is 4. The average Bonchev–Trinajstić information content (AvgIpc) is 2.90. The Balaban J connectivity index is 2.31. The second kappa shape index (κ2) is 6.80. The molecule has 0 saturated heterocycles. The molecule has 2 rings (SSSR count). The van der Waals surface area contributed by atoms with Gasteiger partial charge in [-0.15, -0.1) is 10.2 Å². The smallest absolute Gasteiger partial charge is 0.276 e. The molecule has 21 heavy (non-hydrogen) atoms. The van der Waals surface area contributed by atoms with Crippen LogP contribution in [0.4, 0.5) is 5.13 Å². The van der Waals surface area contributed by atoms with Crippen molar-refractivity contribution in [2.45, 2.75) is 39.5 Å². The average molecular weight is 307 g/mol. The van der Waals surface area contributed by atoms with Crippen molar-refractivity contribution >= 4 is 16.5 Å². The number of nitrogens with one attached hydrogen (secondary N) is 1. The summed E-state index contributed by atoms with van der Waals surface area (Å²) in [6, 6.07) is 1.82. The zero-order valence-electron chi connectivity index (χ0n) is 12.9. The Bertz CT molecular complexity index is 662. The van der Waals surface area contributed by atoms with Crippen LogP contribution in [-0.2, 0) is 7.05 Å². The van der Waals surface area contributed by atoms with E-state index in [0.29, 0.717) is 10.6 Å². The molecule has 2 aromatic heterocycles. The lowest BCUT2D eigenvalue weighted by molar-refractivity contribution is 0.655. The third-order valence-corrected chi connectivity index (χ3v) is 4.05. The third kappa shape index (κ3) is 3.66. The molecule has 0 fully saturated rings. The van der Waals surface area contributed by atoms with Gasteiger partial charge in [0, 0.05) is 13.6 Å². The van der Waals surface area contributed by atoms with Crippen LogP contribution in [0.25, 0.3) is 10.6 Å². The summed E-state index contributed by atoms with van der Waals surface area (Å²) in [5, 5.41) is 17.1. The van der Waals surface area contributed by atoms with Crippen molar-refractivity contribution in [2.75, 3.05) is 11.9 Å². The minimum atomic E-state index is -0.143. The van der Waals surface area contributed by atoms with Crippen LogP contribution < -0.4 is 10.9 Å². The van der Waals surface area contributed by atoms with Crippen LogP contribution in [0.15, 0.2) is 10.9 Å². The predicted octanol–water partition coefficient (Wildman–Crippen LogP) is 2.63. The van der Waals surface area contributed by atoms with Crippen LogP contribution in [-0.4, -0.2) is 26.5 Å². The molecule has 0 aliphatic heterocycles. The van der Waals surface area contributed by atoms with Gasteiger partial charge in [-0.05, 0) is 18.4 Å². The van der Waals surface area contributed by atoms with Crippen molar-refractivity contribution in [2.24, 2.45) is 7.05 Å². The van der Waals surface area contributed by atoms with E-state index in [4.69, 9.17) is 0 Å². The highest BCUT2D eigenvalue weighted by Gasteiger charge is 2.14. The molecule has 0 saturated carbocycles. The van der Waals surface area contributed by atoms with E-state index in [2.05, 4.69) is 41.4 Å². The van der Waals surface area contributed by atoms with Gasteiger partial charge in [-0.25, -0.2) is 4.68 Å². The van der Waals surface area contributed by atoms with E-state index in [1.165, 1.54) is 16.0 Å². The van der Waals surface area contributed by atoms with E-state index in [0.717, 1.165) is 30.2 Å². The number of unbranched alkanes of at least 4 members (excludes halogenated alkanes) is 1. The molecule has 6 nitrogen and oxygen atoms in total. The van der Waals surface area contributed by atoms with Gasteiger partial charge in [-0.1, -0.05) is 38.5 Å². The molecule has 1 N–H and O–H groups in total. The fraction of sp³-hybridized carbons (Fsp3) is 0.571. The predicted molar refractivity (Wildman–Crippen MR) is 85.9 cm³/mol. The highest BCUT2D eigenvalue weighted by Crippen LogP contribution is 2.25. The summed E-state index contributed by atoms with van der Waals surface area (Å²) in [5.41, 5.74) is 1.30. The Hall–Kier alpha value is -1.76. The maximum absolute atomic E-state index is 12.2. The van der Waals surface area contributed by atoms with Crippen molar-refractivity contribution in [3.63, 3.8) is 0 Å². The summed E-state index contributed by atoms with van der Waals surface area (Å²) >= 11 is 1.41. The quantitative estimate of drug-likeness (QED) is 0.831. The molecule has 0 spiro atoms. The lowest BCUT2D eigenvalue weighted by Crippen LogP contribution is -2.23. The van der Waals surface area contributed by atoms with E-state index < -0.39 is 0 Å². The maximum Gasteiger partial charge on any atom is 0.276 e. The standard InChI is InChI=1S/C14H21N5OS/c1-5-6-7-15-14-17-16-12(21-14)10-8-11(9(2)3)18-19(4)13(10)20/h8-9H,5-7H2,1-4H3,(H,15,17). The Morgan fingerprint density at radius 3 is 2.81 bits per heavy atom. The number of anilines is 1. The van der Waals surface area contributed by atoms with Gasteiger partial charge < -0.3 is 5.32 Å². The molecule has 2 heterocycles. The molecule has 0 radical (unpaired) electrons. The molecule has 2 aromatic rings. The first kappa shape index (κ1) is 15.6. The fourth-order valence-corrected chi connectivity index (χ4v) is 2.62. The molecule has 0 aromatic carbocycles. The molecule has 0 atom stereocenters. The summed E-state index contributed by atoms with van der Waals surface area (Å²) < 4.78 is 1.37. The van der Waals surface area contributed by atoms with Crippen LogP contribution in [0.2, 0.25) is 0 Å². The van der Waals surface area contributed by atoms with E-state index >= 15 is 0 Å². The fourth-order valence-electron chi connectivity index (χ4n) is 1.84. The number of hydrogen-bond donors (Lipinski definition) is 1. The minimum absolute atomic E-state index is 0.143. The lowest BCUT2D eigenvalue weighted by atomic mass is 10.1. The van der Waals surface area contributed by atoms with Crippen LogP contribution in [0.3, 0.4) is 0 Å². The second-order valence-corrected chi connectivity index (χ2v) is 6.24. The van der Waals surface area contributed by atoms with Crippen LogP contribution in [0.1, 0.15) is 45.2 Å². The Morgan fingerprint density at radius 1 is 1.38 bits per heavy atom. The van der Waals surface area contributed by atoms with Gasteiger partial charge in [-0.3, -0.25) is 4.79 Å². The molecule has 0 bridgehead atoms. The Kier molecular flexibility index (Phi) is 5.06. The van der Waals surface area contributed by atoms with Crippen molar-refractivity contribution < 1.29 is 0 Å².